The van der Waals surface area contributed by atoms with E-state index in [0.29, 0.717) is 17.2 Å². The number of carbonyl (C=O) groups excluding carboxylic acids is 1. The molecule has 1 amide bonds. The van der Waals surface area contributed by atoms with Crippen LogP contribution in [0.5, 0.6) is 0 Å². The first-order valence-corrected chi connectivity index (χ1v) is 6.45. The number of carbonyl (C=O) groups is 1. The Hall–Kier alpha value is -2.03. The van der Waals surface area contributed by atoms with Crippen molar-refractivity contribution in [3.8, 4) is 0 Å². The lowest BCUT2D eigenvalue weighted by Gasteiger charge is -2.08. The lowest BCUT2D eigenvalue weighted by atomic mass is 10.0. The van der Waals surface area contributed by atoms with Crippen molar-refractivity contribution in [2.24, 2.45) is 0 Å². The van der Waals surface area contributed by atoms with Gasteiger partial charge in [0.15, 0.2) is 0 Å². The second kappa shape index (κ2) is 5.31. The number of hydrogen-bond acceptors (Lipinski definition) is 2. The summed E-state index contributed by atoms with van der Waals surface area (Å²) in [5, 5.41) is 2.88. The van der Waals surface area contributed by atoms with Crippen LogP contribution in [-0.2, 0) is 0 Å². The summed E-state index contributed by atoms with van der Waals surface area (Å²) in [5.41, 5.74) is 2.64. The van der Waals surface area contributed by atoms with Crippen LogP contribution >= 0.6 is 0 Å². The van der Waals surface area contributed by atoms with Crippen LogP contribution in [0.25, 0.3) is 0 Å². The topological polar surface area (TPSA) is 42.2 Å². The van der Waals surface area contributed by atoms with Gasteiger partial charge in [-0.15, -0.1) is 0 Å². The Balaban J connectivity index is 2.13. The lowest BCUT2D eigenvalue weighted by Crippen LogP contribution is -2.12. The molecule has 0 bridgehead atoms. The molecule has 2 rings (SSSR count). The number of nitrogens with one attached hydrogen (secondary N) is 1. The van der Waals surface area contributed by atoms with Crippen molar-refractivity contribution in [2.75, 3.05) is 5.32 Å². The standard InChI is InChI=1S/C16H19NO2/c1-10(2)13-5-7-14(8-6-13)17-16(18)15-9-11(3)19-12(15)4/h5-10H,1-4H3,(H,17,18). The normalized spacial score (nSPS) is 10.8. The fourth-order valence-electron chi connectivity index (χ4n) is 2.01. The molecule has 0 aliphatic rings. The van der Waals surface area contributed by atoms with Crippen LogP contribution in [0, 0.1) is 13.8 Å². The molecule has 3 nitrogen and oxygen atoms in total. The van der Waals surface area contributed by atoms with Crippen molar-refractivity contribution in [1.82, 2.24) is 0 Å². The summed E-state index contributed by atoms with van der Waals surface area (Å²) in [6, 6.07) is 9.68. The Labute approximate surface area is 113 Å². The van der Waals surface area contributed by atoms with Gasteiger partial charge >= 0.3 is 0 Å². The molecule has 0 fully saturated rings. The largest absolute Gasteiger partial charge is 0.466 e. The zero-order valence-electron chi connectivity index (χ0n) is 11.8. The van der Waals surface area contributed by atoms with Crippen molar-refractivity contribution in [2.45, 2.75) is 33.6 Å². The number of rotatable bonds is 3. The van der Waals surface area contributed by atoms with Crippen molar-refractivity contribution in [1.29, 1.82) is 0 Å². The molecular weight excluding hydrogens is 238 g/mol. The first kappa shape index (κ1) is 13.4. The molecule has 3 heteroatoms. The van der Waals surface area contributed by atoms with Crippen LogP contribution in [0.1, 0.15) is 47.2 Å². The number of hydrogen-bond donors (Lipinski definition) is 1. The summed E-state index contributed by atoms with van der Waals surface area (Å²) in [6.07, 6.45) is 0. The first-order valence-electron chi connectivity index (χ1n) is 6.45. The van der Waals surface area contributed by atoms with Crippen LogP contribution in [0.3, 0.4) is 0 Å². The summed E-state index contributed by atoms with van der Waals surface area (Å²) in [4.78, 5) is 12.1. The van der Waals surface area contributed by atoms with E-state index in [1.807, 2.05) is 31.2 Å². The zero-order valence-corrected chi connectivity index (χ0v) is 11.8. The maximum atomic E-state index is 12.1. The molecule has 0 saturated carbocycles. The Kier molecular flexibility index (Phi) is 3.74. The molecule has 2 aromatic rings. The lowest BCUT2D eigenvalue weighted by molar-refractivity contribution is 0.102. The van der Waals surface area contributed by atoms with Crippen molar-refractivity contribution in [3.05, 3.63) is 53.0 Å². The van der Waals surface area contributed by atoms with Gasteiger partial charge in [0, 0.05) is 5.69 Å². The maximum Gasteiger partial charge on any atom is 0.259 e. The second-order valence-corrected chi connectivity index (χ2v) is 5.06. The highest BCUT2D eigenvalue weighted by Gasteiger charge is 2.13. The molecule has 0 saturated heterocycles. The summed E-state index contributed by atoms with van der Waals surface area (Å²) >= 11 is 0. The van der Waals surface area contributed by atoms with Crippen LogP contribution in [0.4, 0.5) is 5.69 Å². The van der Waals surface area contributed by atoms with E-state index in [9.17, 15) is 4.79 Å². The van der Waals surface area contributed by atoms with Crippen LogP contribution < -0.4 is 5.32 Å². The predicted octanol–water partition coefficient (Wildman–Crippen LogP) is 4.27. The van der Waals surface area contributed by atoms with E-state index in [1.54, 1.807) is 13.0 Å². The van der Waals surface area contributed by atoms with Gasteiger partial charge in [0.05, 0.1) is 5.56 Å². The minimum atomic E-state index is -0.133. The molecule has 1 N–H and O–H groups in total. The van der Waals surface area contributed by atoms with Gasteiger partial charge in [-0.1, -0.05) is 26.0 Å². The third-order valence-corrected chi connectivity index (χ3v) is 3.12. The predicted molar refractivity (Wildman–Crippen MR) is 76.7 cm³/mol. The second-order valence-electron chi connectivity index (χ2n) is 5.06. The Morgan fingerprint density at radius 1 is 1.16 bits per heavy atom. The number of benzene rings is 1. The van der Waals surface area contributed by atoms with E-state index in [2.05, 4.69) is 19.2 Å². The van der Waals surface area contributed by atoms with E-state index in [1.165, 1.54) is 5.56 Å². The van der Waals surface area contributed by atoms with Gasteiger partial charge in [-0.3, -0.25) is 4.79 Å². The fourth-order valence-corrected chi connectivity index (χ4v) is 2.01. The van der Waals surface area contributed by atoms with Crippen molar-refractivity contribution >= 4 is 11.6 Å². The van der Waals surface area contributed by atoms with Crippen molar-refractivity contribution < 1.29 is 9.21 Å². The highest BCUT2D eigenvalue weighted by Crippen LogP contribution is 2.19. The molecule has 100 valence electrons. The monoisotopic (exact) mass is 257 g/mol. The SMILES string of the molecule is Cc1cc(C(=O)Nc2ccc(C(C)C)cc2)c(C)o1. The van der Waals surface area contributed by atoms with E-state index in [-0.39, 0.29) is 5.91 Å². The summed E-state index contributed by atoms with van der Waals surface area (Å²) in [5.74, 6) is 1.75. The molecule has 0 aliphatic heterocycles. The quantitative estimate of drug-likeness (QED) is 0.892. The van der Waals surface area contributed by atoms with Crippen LogP contribution in [0.2, 0.25) is 0 Å². The molecule has 0 unspecified atom stereocenters. The highest BCUT2D eigenvalue weighted by atomic mass is 16.3. The molecule has 1 heterocycles. The van der Waals surface area contributed by atoms with Gasteiger partial charge < -0.3 is 9.73 Å². The summed E-state index contributed by atoms with van der Waals surface area (Å²) in [7, 11) is 0. The van der Waals surface area contributed by atoms with Gasteiger partial charge in [-0.2, -0.15) is 0 Å². The zero-order chi connectivity index (χ0) is 14.0. The van der Waals surface area contributed by atoms with Crippen LogP contribution in [-0.4, -0.2) is 5.91 Å². The van der Waals surface area contributed by atoms with Crippen LogP contribution in [0.15, 0.2) is 34.7 Å². The van der Waals surface area contributed by atoms with E-state index in [0.717, 1.165) is 11.4 Å². The minimum Gasteiger partial charge on any atom is -0.466 e. The summed E-state index contributed by atoms with van der Waals surface area (Å²) < 4.78 is 5.36. The summed E-state index contributed by atoms with van der Waals surface area (Å²) in [6.45, 7) is 7.92. The number of amides is 1. The van der Waals surface area contributed by atoms with Gasteiger partial charge in [-0.05, 0) is 43.5 Å². The van der Waals surface area contributed by atoms with Gasteiger partial charge in [0.2, 0.25) is 0 Å². The average Bonchev–Trinajstić information content (AvgIpc) is 2.69. The average molecular weight is 257 g/mol. The Morgan fingerprint density at radius 2 is 1.79 bits per heavy atom. The number of aryl methyl sites for hydroxylation is 2. The third-order valence-electron chi connectivity index (χ3n) is 3.12. The molecule has 19 heavy (non-hydrogen) atoms. The first-order chi connectivity index (χ1) is 8.97. The molecule has 1 aromatic heterocycles. The highest BCUT2D eigenvalue weighted by molar-refractivity contribution is 6.05. The van der Waals surface area contributed by atoms with E-state index >= 15 is 0 Å². The Bertz CT molecular complexity index is 579. The Morgan fingerprint density at radius 3 is 2.26 bits per heavy atom. The molecule has 1 aromatic carbocycles. The third kappa shape index (κ3) is 3.05. The van der Waals surface area contributed by atoms with E-state index in [4.69, 9.17) is 4.42 Å². The maximum absolute atomic E-state index is 12.1. The molecule has 0 radical (unpaired) electrons. The number of furan rings is 1. The van der Waals surface area contributed by atoms with Gasteiger partial charge in [0.25, 0.3) is 5.91 Å². The molecule has 0 aliphatic carbocycles. The fraction of sp³-hybridized carbons (Fsp3) is 0.312. The van der Waals surface area contributed by atoms with E-state index < -0.39 is 0 Å². The van der Waals surface area contributed by atoms with Gasteiger partial charge in [-0.25, -0.2) is 0 Å². The molecule has 0 atom stereocenters. The van der Waals surface area contributed by atoms with Crippen molar-refractivity contribution in [3.63, 3.8) is 0 Å². The number of anilines is 1. The molecular formula is C16H19NO2. The molecule has 0 spiro atoms. The minimum absolute atomic E-state index is 0.133. The van der Waals surface area contributed by atoms with Gasteiger partial charge in [0.1, 0.15) is 11.5 Å². The smallest absolute Gasteiger partial charge is 0.259 e.